The van der Waals surface area contributed by atoms with Crippen molar-refractivity contribution in [3.8, 4) is 0 Å². The second-order valence-electron chi connectivity index (χ2n) is 9.76. The first-order chi connectivity index (χ1) is 24.0. The summed E-state index contributed by atoms with van der Waals surface area (Å²) in [6, 6.07) is 16.6. The number of nitrogens with one attached hydrogen (secondary N) is 1. The molecule has 0 atom stereocenters. The molecule has 0 aliphatic carbocycles. The summed E-state index contributed by atoms with van der Waals surface area (Å²) in [5, 5.41) is 29.3. The maximum Gasteiger partial charge on any atom is 0.296 e. The summed E-state index contributed by atoms with van der Waals surface area (Å²) in [7, 11) is -13.4. The average Bonchev–Trinajstić information content (AvgIpc) is 3.07. The Morgan fingerprint density at radius 3 is 2.02 bits per heavy atom. The van der Waals surface area contributed by atoms with Gasteiger partial charge in [-0.15, -0.1) is 19.7 Å². The van der Waals surface area contributed by atoms with Crippen molar-refractivity contribution in [2.75, 3.05) is 29.1 Å². The van der Waals surface area contributed by atoms with Crippen LogP contribution in [0.25, 0.3) is 0 Å². The monoisotopic (exact) mass is 783 g/mol. The zero-order valence-electron chi connectivity index (χ0n) is 25.4. The summed E-state index contributed by atoms with van der Waals surface area (Å²) >= 11 is 0.243. The topological polar surface area (TPSA) is 321 Å². The molecule has 1 amide bonds. The average molecular weight is 784 g/mol. The van der Waals surface area contributed by atoms with Gasteiger partial charge in [-0.05, 0) is 66.7 Å². The van der Waals surface area contributed by atoms with Gasteiger partial charge in [0, 0.05) is 11.3 Å². The van der Waals surface area contributed by atoms with Gasteiger partial charge >= 0.3 is 0 Å². The van der Waals surface area contributed by atoms with E-state index in [0.29, 0.717) is 0 Å². The molecule has 4 aromatic carbocycles. The van der Waals surface area contributed by atoms with E-state index < -0.39 is 68.6 Å². The standard InChI is InChI=1S/C27H25N7O13S4/c28-24-21(33-32-20-3-1-2-4-22(20)50(39,40)41)15-23(51(42,43)44)25(29)26(24)34-31-18-7-5-16(6-8-18)27(35)30-17-9-11-19(12-10-17)49(37,38)14-13-45-48-47-46-36/h1-12,15,36H,13-14,28-29H2,(H,30,35)(H,39,40,41)(H,42,43,44). The second kappa shape index (κ2) is 16.4. The molecule has 0 aromatic heterocycles. The molecule has 8 N–H and O–H groups in total. The molecule has 0 unspecified atom stereocenters. The van der Waals surface area contributed by atoms with Gasteiger partial charge in [-0.25, -0.2) is 13.7 Å². The molecule has 0 bridgehead atoms. The number of benzene rings is 4. The van der Waals surface area contributed by atoms with Crippen molar-refractivity contribution in [1.82, 2.24) is 0 Å². The number of sulfone groups is 1. The molecule has 24 heteroatoms. The Hall–Kier alpha value is -4.89. The van der Waals surface area contributed by atoms with Gasteiger partial charge in [0.15, 0.2) is 22.2 Å². The second-order valence-corrected chi connectivity index (χ2v) is 15.2. The number of nitrogen functional groups attached to an aromatic ring is 2. The van der Waals surface area contributed by atoms with Crippen LogP contribution in [0.15, 0.2) is 114 Å². The molecule has 0 aliphatic rings. The number of nitrogens with two attached hydrogens (primary N) is 2. The minimum absolute atomic E-state index is 0.0378. The summed E-state index contributed by atoms with van der Waals surface area (Å²) in [6.07, 6.45) is 0. The number of azo groups is 2. The third kappa shape index (κ3) is 10.3. The van der Waals surface area contributed by atoms with Gasteiger partial charge in [0.05, 0.1) is 34.3 Å². The molecule has 0 fully saturated rings. The summed E-state index contributed by atoms with van der Waals surface area (Å²) in [4.78, 5) is 11.3. The van der Waals surface area contributed by atoms with Gasteiger partial charge in [0.2, 0.25) is 0 Å². The minimum atomic E-state index is -4.97. The van der Waals surface area contributed by atoms with Crippen LogP contribution >= 0.6 is 12.3 Å². The van der Waals surface area contributed by atoms with E-state index in [1.54, 1.807) is 0 Å². The lowest BCUT2D eigenvalue weighted by Gasteiger charge is -2.10. The van der Waals surface area contributed by atoms with E-state index in [1.165, 1.54) is 66.7 Å². The number of carbonyl (C=O) groups excluding carboxylic acids is 1. The van der Waals surface area contributed by atoms with E-state index in [1.807, 2.05) is 0 Å². The number of anilines is 3. The Kier molecular flexibility index (Phi) is 12.5. The van der Waals surface area contributed by atoms with Crippen molar-refractivity contribution < 1.29 is 58.0 Å². The van der Waals surface area contributed by atoms with E-state index >= 15 is 0 Å². The molecule has 0 aliphatic heterocycles. The third-order valence-electron chi connectivity index (χ3n) is 6.41. The molecule has 270 valence electrons. The zero-order valence-corrected chi connectivity index (χ0v) is 28.7. The van der Waals surface area contributed by atoms with Crippen molar-refractivity contribution in [3.63, 3.8) is 0 Å². The van der Waals surface area contributed by atoms with Crippen molar-refractivity contribution in [2.24, 2.45) is 20.5 Å². The molecule has 0 radical (unpaired) electrons. The Morgan fingerprint density at radius 2 is 1.39 bits per heavy atom. The van der Waals surface area contributed by atoms with Crippen LogP contribution < -0.4 is 16.8 Å². The van der Waals surface area contributed by atoms with E-state index in [2.05, 4.69) is 35.1 Å². The van der Waals surface area contributed by atoms with Crippen molar-refractivity contribution in [3.05, 3.63) is 84.4 Å². The van der Waals surface area contributed by atoms with E-state index in [9.17, 15) is 39.2 Å². The highest BCUT2D eigenvalue weighted by molar-refractivity contribution is 7.91. The predicted octanol–water partition coefficient (Wildman–Crippen LogP) is 5.20. The van der Waals surface area contributed by atoms with Crippen LogP contribution in [0.3, 0.4) is 0 Å². The molecule has 4 aromatic rings. The number of hydrogen-bond acceptors (Lipinski definition) is 18. The van der Waals surface area contributed by atoms with Crippen molar-refractivity contribution >= 4 is 88.1 Å². The highest BCUT2D eigenvalue weighted by Gasteiger charge is 2.23. The van der Waals surface area contributed by atoms with Gasteiger partial charge in [-0.3, -0.25) is 18.1 Å². The highest BCUT2D eigenvalue weighted by atomic mass is 32.2. The SMILES string of the molecule is Nc1c(N=Nc2ccccc2S(=O)(=O)O)cc(S(=O)(=O)O)c(N)c1N=Nc1ccc(C(=O)Nc2ccc(S(=O)(=O)CCOSOOO)cc2)cc1. The van der Waals surface area contributed by atoms with E-state index in [0.717, 1.165) is 12.1 Å². The van der Waals surface area contributed by atoms with Crippen LogP contribution in [-0.4, -0.2) is 57.9 Å². The van der Waals surface area contributed by atoms with E-state index in [-0.39, 0.29) is 52.1 Å². The molecular weight excluding hydrogens is 759 g/mol. The summed E-state index contributed by atoms with van der Waals surface area (Å²) in [5.74, 6) is -0.971. The van der Waals surface area contributed by atoms with Crippen LogP contribution in [0.2, 0.25) is 0 Å². The van der Waals surface area contributed by atoms with Crippen LogP contribution in [0.4, 0.5) is 39.8 Å². The maximum absolute atomic E-state index is 12.8. The molecular formula is C27H25N7O13S4. The first kappa shape index (κ1) is 38.9. The molecule has 4 rings (SSSR count). The number of hydrogen-bond donors (Lipinski definition) is 6. The van der Waals surface area contributed by atoms with Crippen molar-refractivity contribution in [2.45, 2.75) is 14.7 Å². The van der Waals surface area contributed by atoms with Crippen LogP contribution in [-0.2, 0) is 43.6 Å². The summed E-state index contributed by atoms with van der Waals surface area (Å²) in [6.45, 7) is -0.271. The van der Waals surface area contributed by atoms with Crippen LogP contribution in [0.5, 0.6) is 0 Å². The number of rotatable bonds is 15. The fraction of sp³-hybridized carbons (Fsp3) is 0.0741. The fourth-order valence-electron chi connectivity index (χ4n) is 4.00. The molecule has 20 nitrogen and oxygen atoms in total. The molecule has 0 saturated heterocycles. The largest absolute Gasteiger partial charge is 0.396 e. The first-order valence-electron chi connectivity index (χ1n) is 13.6. The normalized spacial score (nSPS) is 12.5. The van der Waals surface area contributed by atoms with Gasteiger partial charge in [0.1, 0.15) is 26.9 Å². The zero-order chi connectivity index (χ0) is 37.4. The Morgan fingerprint density at radius 1 is 0.765 bits per heavy atom. The maximum atomic E-state index is 12.8. The van der Waals surface area contributed by atoms with Gasteiger partial charge in [-0.2, -0.15) is 21.9 Å². The number of nitrogens with zero attached hydrogens (tertiary/aromatic N) is 4. The summed E-state index contributed by atoms with van der Waals surface area (Å²) in [5.41, 5.74) is 10.5. The predicted molar refractivity (Wildman–Crippen MR) is 181 cm³/mol. The van der Waals surface area contributed by atoms with Crippen molar-refractivity contribution in [1.29, 1.82) is 0 Å². The molecule has 51 heavy (non-hydrogen) atoms. The Labute approximate surface area is 293 Å². The lowest BCUT2D eigenvalue weighted by Crippen LogP contribution is -2.13. The first-order valence-corrected chi connectivity index (χ1v) is 18.8. The third-order valence-corrected chi connectivity index (χ3v) is 10.3. The number of amides is 1. The molecule has 0 spiro atoms. The fourth-order valence-corrected chi connectivity index (χ4v) is 6.67. The Bertz CT molecular complexity index is 2300. The highest BCUT2D eigenvalue weighted by Crippen LogP contribution is 2.43. The van der Waals surface area contributed by atoms with Crippen LogP contribution in [0, 0.1) is 0 Å². The quantitative estimate of drug-likeness (QED) is 0.0171. The lowest BCUT2D eigenvalue weighted by molar-refractivity contribution is -0.434. The summed E-state index contributed by atoms with van der Waals surface area (Å²) < 4.78 is 100. The Balaban J connectivity index is 1.51. The van der Waals surface area contributed by atoms with Gasteiger partial charge in [0.25, 0.3) is 26.1 Å². The number of carbonyl (C=O) groups is 1. The van der Waals surface area contributed by atoms with Gasteiger partial charge in [-0.1, -0.05) is 17.2 Å². The minimum Gasteiger partial charge on any atom is -0.396 e. The van der Waals surface area contributed by atoms with Crippen LogP contribution in [0.1, 0.15) is 10.4 Å². The molecule has 0 saturated carbocycles. The molecule has 0 heterocycles. The van der Waals surface area contributed by atoms with Gasteiger partial charge < -0.3 is 16.8 Å². The smallest absolute Gasteiger partial charge is 0.296 e. The lowest BCUT2D eigenvalue weighted by atomic mass is 10.2. The van der Waals surface area contributed by atoms with E-state index in [4.69, 9.17) is 20.9 Å².